The minimum atomic E-state index is -1.37. The molecule has 340 valence electrons. The maximum absolute atomic E-state index is 14.8. The fraction of sp³-hybridized carbons (Fsp3) is 0.196. The second-order valence-electron chi connectivity index (χ2n) is 16.4. The molecule has 0 radical (unpaired) electrons. The number of thiazole rings is 1. The van der Waals surface area contributed by atoms with Crippen LogP contribution in [0.2, 0.25) is 0 Å². The van der Waals surface area contributed by atoms with Crippen molar-refractivity contribution in [3.63, 3.8) is 0 Å². The van der Waals surface area contributed by atoms with E-state index in [0.717, 1.165) is 39.2 Å². The van der Waals surface area contributed by atoms with Gasteiger partial charge in [-0.15, -0.1) is 28.3 Å². The third-order valence-corrected chi connectivity index (χ3v) is 13.1. The van der Waals surface area contributed by atoms with E-state index in [-0.39, 0.29) is 28.0 Å². The summed E-state index contributed by atoms with van der Waals surface area (Å²) >= 11 is 8.50. The zero-order valence-electron chi connectivity index (χ0n) is 36.6. The second-order valence-corrected chi connectivity index (χ2v) is 18.7. The number of oxime groups is 2. The first kappa shape index (κ1) is 46.4. The lowest BCUT2D eigenvalue weighted by atomic mass is 9.80. The highest BCUT2D eigenvalue weighted by atomic mass is 32.2. The van der Waals surface area contributed by atoms with Crippen LogP contribution in [0.4, 0.5) is 9.93 Å². The monoisotopic (exact) mass is 950 g/mol. The number of rotatable bonds is 15. The summed E-state index contributed by atoms with van der Waals surface area (Å²) in [4.78, 5) is 55.0. The summed E-state index contributed by atoms with van der Waals surface area (Å²) in [6.45, 7) is 5.23. The van der Waals surface area contributed by atoms with Gasteiger partial charge in [0.05, 0.1) is 5.70 Å². The average Bonchev–Trinajstić information content (AvgIpc) is 3.80. The molecule has 3 heterocycles. The molecule has 3 amide bonds. The molecule has 13 nitrogen and oxygen atoms in total. The highest BCUT2D eigenvalue weighted by Gasteiger charge is 2.54. The van der Waals surface area contributed by atoms with Gasteiger partial charge in [-0.2, -0.15) is 0 Å². The topological polar surface area (TPSA) is 164 Å². The van der Waals surface area contributed by atoms with Crippen LogP contribution in [0.1, 0.15) is 66.8 Å². The fourth-order valence-electron chi connectivity index (χ4n) is 7.76. The molecule has 2 atom stereocenters. The van der Waals surface area contributed by atoms with Crippen molar-refractivity contribution in [3.8, 4) is 0 Å². The number of amides is 3. The van der Waals surface area contributed by atoms with Crippen LogP contribution < -0.4 is 10.6 Å². The van der Waals surface area contributed by atoms with Crippen LogP contribution in [0.3, 0.4) is 0 Å². The van der Waals surface area contributed by atoms with Gasteiger partial charge in [0.25, 0.3) is 11.8 Å². The third kappa shape index (κ3) is 10.3. The summed E-state index contributed by atoms with van der Waals surface area (Å²) in [6.07, 6.45) is 0.196. The number of hydrogen-bond donors (Lipinski definition) is 3. The molecule has 0 aliphatic carbocycles. The van der Waals surface area contributed by atoms with Crippen molar-refractivity contribution in [3.05, 3.63) is 202 Å². The molecule has 0 bridgehead atoms. The predicted octanol–water partition coefficient (Wildman–Crippen LogP) is 9.84. The lowest BCUT2D eigenvalue weighted by Crippen LogP contribution is -2.71. The molecule has 0 saturated carbocycles. The molecule has 1 saturated heterocycles. The van der Waals surface area contributed by atoms with Gasteiger partial charge >= 0.3 is 6.09 Å². The second kappa shape index (κ2) is 20.6. The van der Waals surface area contributed by atoms with Crippen LogP contribution in [0.5, 0.6) is 0 Å². The smallest absolute Gasteiger partial charge is 0.413 e. The van der Waals surface area contributed by atoms with Crippen molar-refractivity contribution in [2.45, 2.75) is 55.9 Å². The van der Waals surface area contributed by atoms with E-state index in [2.05, 4.69) is 25.9 Å². The van der Waals surface area contributed by atoms with Gasteiger partial charge in [-0.25, -0.2) is 9.78 Å². The lowest BCUT2D eigenvalue weighted by molar-refractivity contribution is -0.144. The van der Waals surface area contributed by atoms with Gasteiger partial charge in [0.2, 0.25) is 10.7 Å². The van der Waals surface area contributed by atoms with E-state index >= 15 is 0 Å². The summed E-state index contributed by atoms with van der Waals surface area (Å²) in [6, 6.07) is 46.8. The van der Waals surface area contributed by atoms with Crippen LogP contribution in [-0.2, 0) is 29.5 Å². The molecule has 8 rings (SSSR count). The number of benzene rings is 5. The van der Waals surface area contributed by atoms with Gasteiger partial charge in [-0.1, -0.05) is 157 Å². The number of aromatic nitrogens is 1. The molecule has 67 heavy (non-hydrogen) atoms. The normalized spacial score (nSPS) is 16.3. The Morgan fingerprint density at radius 2 is 1.37 bits per heavy atom. The van der Waals surface area contributed by atoms with E-state index < -0.39 is 46.6 Å². The fourth-order valence-corrected chi connectivity index (χ4v) is 10.1. The Morgan fingerprint density at radius 3 is 1.88 bits per heavy atom. The number of fused-ring (bicyclic) bond motifs is 1. The average molecular weight is 951 g/mol. The summed E-state index contributed by atoms with van der Waals surface area (Å²) in [7, 11) is 0. The maximum atomic E-state index is 14.8. The van der Waals surface area contributed by atoms with Crippen molar-refractivity contribution < 1.29 is 33.9 Å². The van der Waals surface area contributed by atoms with Gasteiger partial charge in [0.1, 0.15) is 28.8 Å². The van der Waals surface area contributed by atoms with Crippen molar-refractivity contribution >= 4 is 75.3 Å². The molecule has 1 fully saturated rings. The first-order chi connectivity index (χ1) is 32.5. The highest BCUT2D eigenvalue weighted by molar-refractivity contribution is 8.00. The number of thiocarbonyl (C=S) groups is 1. The summed E-state index contributed by atoms with van der Waals surface area (Å²) in [5.74, 6) is -0.818. The molecular weight excluding hydrogens is 905 g/mol. The molecule has 1 aromatic heterocycles. The summed E-state index contributed by atoms with van der Waals surface area (Å²) < 4.78 is 12.1. The number of carbonyl (C=O) groups is 3. The third-order valence-electron chi connectivity index (χ3n) is 10.8. The quantitative estimate of drug-likeness (QED) is 0.0226. The van der Waals surface area contributed by atoms with Crippen molar-refractivity contribution in [2.24, 2.45) is 10.3 Å². The van der Waals surface area contributed by atoms with E-state index in [4.69, 9.17) is 26.5 Å². The Kier molecular flexibility index (Phi) is 14.2. The van der Waals surface area contributed by atoms with Crippen molar-refractivity contribution in [1.82, 2.24) is 15.2 Å². The highest BCUT2D eigenvalue weighted by Crippen LogP contribution is 2.44. The number of nitrogens with one attached hydrogen (secondary N) is 2. The van der Waals surface area contributed by atoms with E-state index in [1.807, 2.05) is 152 Å². The van der Waals surface area contributed by atoms with Crippen LogP contribution in [-0.4, -0.2) is 72.7 Å². The number of β-lactam (4-membered cyclic amide) rings is 1. The molecule has 2 aliphatic rings. The standard InChI is InChI=1S/C51H46N6O7S3/c1-50(2,3)63-49(60)55-48-53-39(32-67-48)40(56-64-51(36-23-13-6-14-24-36,37-25-15-7-16-26-37)38-27-17-8-18-28-38)44(58)54-41-45(59)57-42(35(29-30-52-61)31-66-46(41)57)47(65)62-43(33-19-9-4-10-20-33)34-21-11-5-12-22-34/h4-28,30,32,41,43,46,61H,29,31H2,1-3H3,(H,54,58)(H,53,55,60)/b52-30?,56-40-/t41?,46-/m1/s1. The van der Waals surface area contributed by atoms with Gasteiger partial charge in [0, 0.05) is 40.5 Å². The van der Waals surface area contributed by atoms with E-state index in [1.54, 1.807) is 26.2 Å². The Bertz CT molecular complexity index is 2670. The van der Waals surface area contributed by atoms with E-state index in [0.29, 0.717) is 17.0 Å². The number of carbonyl (C=O) groups excluding carboxylic acids is 3. The minimum Gasteiger partial charge on any atom is -0.469 e. The molecular formula is C51H46N6O7S3. The minimum absolute atomic E-state index is 0.0738. The Hall–Kier alpha value is -7.14. The molecule has 0 spiro atoms. The van der Waals surface area contributed by atoms with Crippen LogP contribution >= 0.6 is 35.3 Å². The molecule has 2 aliphatic heterocycles. The summed E-state index contributed by atoms with van der Waals surface area (Å²) in [5, 5.41) is 24.0. The van der Waals surface area contributed by atoms with Crippen LogP contribution in [0.15, 0.2) is 179 Å². The molecule has 5 aromatic carbocycles. The zero-order valence-corrected chi connectivity index (χ0v) is 39.1. The zero-order chi connectivity index (χ0) is 47.0. The maximum Gasteiger partial charge on any atom is 0.413 e. The first-order valence-electron chi connectivity index (χ1n) is 21.3. The van der Waals surface area contributed by atoms with E-state index in [9.17, 15) is 19.6 Å². The van der Waals surface area contributed by atoms with Gasteiger partial charge < -0.3 is 24.8 Å². The lowest BCUT2D eigenvalue weighted by Gasteiger charge is -2.50. The Labute approximate surface area is 401 Å². The number of ether oxygens (including phenoxy) is 2. The number of thioether (sulfide) groups is 1. The molecule has 16 heteroatoms. The molecule has 3 N–H and O–H groups in total. The van der Waals surface area contributed by atoms with Crippen LogP contribution in [0.25, 0.3) is 0 Å². The van der Waals surface area contributed by atoms with Gasteiger partial charge in [-0.05, 0) is 49.7 Å². The van der Waals surface area contributed by atoms with E-state index in [1.165, 1.54) is 22.9 Å². The molecule has 6 aromatic rings. The first-order valence-corrected chi connectivity index (χ1v) is 23.6. The Morgan fingerprint density at radius 1 is 0.851 bits per heavy atom. The van der Waals surface area contributed by atoms with Crippen molar-refractivity contribution in [2.75, 3.05) is 11.1 Å². The largest absolute Gasteiger partial charge is 0.469 e. The molecule has 1 unspecified atom stereocenters. The Balaban J connectivity index is 1.14. The van der Waals surface area contributed by atoms with Gasteiger partial charge in [-0.3, -0.25) is 19.8 Å². The SMILES string of the molecule is CC(C)(C)OC(=O)Nc1nc(/C(=N/OC(c2ccccc2)(c2ccccc2)c2ccccc2)C(=O)NC2C(=O)N3C(C(=S)OC(c4ccccc4)c4ccccc4)=C(CC=NO)CS[C@H]23)cs1. The van der Waals surface area contributed by atoms with Crippen molar-refractivity contribution in [1.29, 1.82) is 0 Å². The summed E-state index contributed by atoms with van der Waals surface area (Å²) in [5.41, 5.74) is 2.66. The van der Waals surface area contributed by atoms with Gasteiger partial charge in [0.15, 0.2) is 10.8 Å². The predicted molar refractivity (Wildman–Crippen MR) is 264 cm³/mol. The number of nitrogens with zero attached hydrogens (tertiary/aromatic N) is 4. The number of hydrogen-bond acceptors (Lipinski definition) is 13. The number of anilines is 1. The van der Waals surface area contributed by atoms with Crippen LogP contribution in [0, 0.1) is 0 Å².